The predicted octanol–water partition coefficient (Wildman–Crippen LogP) is 2.52. The van der Waals surface area contributed by atoms with E-state index in [1.807, 2.05) is 12.3 Å². The van der Waals surface area contributed by atoms with Crippen LogP contribution in [0.15, 0.2) is 30.5 Å². The van der Waals surface area contributed by atoms with Gasteiger partial charge in [0.1, 0.15) is 0 Å². The summed E-state index contributed by atoms with van der Waals surface area (Å²) in [5.74, 6) is 0. The van der Waals surface area contributed by atoms with E-state index in [2.05, 4.69) is 23.2 Å². The van der Waals surface area contributed by atoms with Crippen molar-refractivity contribution in [2.75, 3.05) is 0 Å². The molecule has 1 aromatic heterocycles. The second kappa shape index (κ2) is 3.53. The molecule has 0 aromatic carbocycles. The number of aromatic nitrogens is 1. The summed E-state index contributed by atoms with van der Waals surface area (Å²) in [5, 5.41) is 0. The third-order valence-corrected chi connectivity index (χ3v) is 2.28. The molecule has 1 heterocycles. The summed E-state index contributed by atoms with van der Waals surface area (Å²) in [7, 11) is 0. The third kappa shape index (κ3) is 1.55. The Labute approximate surface area is 73.1 Å². The highest BCUT2D eigenvalue weighted by molar-refractivity contribution is 5.22. The zero-order chi connectivity index (χ0) is 8.23. The molecule has 0 atom stereocenters. The van der Waals surface area contributed by atoms with E-state index in [-0.39, 0.29) is 0 Å². The molecule has 1 aromatic rings. The Balaban J connectivity index is 2.32. The first-order chi connectivity index (χ1) is 5.97. The molecule has 0 spiro atoms. The molecule has 0 unspecified atom stereocenters. The lowest BCUT2D eigenvalue weighted by molar-refractivity contribution is 0.810. The first-order valence-corrected chi connectivity index (χ1v) is 4.54. The molecule has 0 N–H and O–H groups in total. The molecule has 0 saturated heterocycles. The number of hydrogen-bond acceptors (Lipinski definition) is 1. The number of rotatable bonds is 0. The van der Waals surface area contributed by atoms with Crippen molar-refractivity contribution in [2.45, 2.75) is 25.7 Å². The van der Waals surface area contributed by atoms with Gasteiger partial charge in [0, 0.05) is 18.3 Å². The van der Waals surface area contributed by atoms with Crippen LogP contribution in [0.2, 0.25) is 0 Å². The van der Waals surface area contributed by atoms with Crippen LogP contribution in [0.3, 0.4) is 0 Å². The number of pyridine rings is 1. The minimum Gasteiger partial charge on any atom is -0.261 e. The monoisotopic (exact) mass is 159 g/mol. The Morgan fingerprint density at radius 1 is 1.25 bits per heavy atom. The van der Waals surface area contributed by atoms with Gasteiger partial charge in [0.15, 0.2) is 0 Å². The van der Waals surface area contributed by atoms with Crippen LogP contribution >= 0.6 is 0 Å². The van der Waals surface area contributed by atoms with E-state index in [1.54, 1.807) is 0 Å². The average molecular weight is 159 g/mol. The normalized spacial score (nSPS) is 19.0. The molecule has 0 aliphatic heterocycles. The molecular weight excluding hydrogens is 146 g/mol. The van der Waals surface area contributed by atoms with E-state index in [0.29, 0.717) is 0 Å². The second-order valence-electron chi connectivity index (χ2n) is 3.18. The summed E-state index contributed by atoms with van der Waals surface area (Å²) < 4.78 is 0. The molecule has 0 saturated carbocycles. The molecule has 1 nitrogen and oxygen atoms in total. The first-order valence-electron chi connectivity index (χ1n) is 4.54. The lowest BCUT2D eigenvalue weighted by Gasteiger charge is -2.07. The number of aryl methyl sites for hydroxylation is 1. The molecule has 0 fully saturated rings. The molecule has 0 amide bonds. The number of nitrogens with zero attached hydrogens (tertiary/aromatic N) is 1. The van der Waals surface area contributed by atoms with Crippen molar-refractivity contribution < 1.29 is 0 Å². The highest BCUT2D eigenvalue weighted by Gasteiger charge is 2.02. The van der Waals surface area contributed by atoms with Crippen molar-refractivity contribution in [3.05, 3.63) is 41.7 Å². The van der Waals surface area contributed by atoms with Crippen molar-refractivity contribution >= 4 is 0 Å². The molecule has 1 heteroatoms. The van der Waals surface area contributed by atoms with Crippen molar-refractivity contribution in [2.24, 2.45) is 0 Å². The number of fused-ring (bicyclic) bond motifs is 1. The van der Waals surface area contributed by atoms with E-state index < -0.39 is 0 Å². The maximum atomic E-state index is 4.37. The average Bonchev–Trinajstić information content (AvgIpc) is 2.06. The zero-order valence-electron chi connectivity index (χ0n) is 7.16. The number of hydrogen-bond donors (Lipinski definition) is 0. The quantitative estimate of drug-likeness (QED) is 0.530. The standard InChI is InChI=1S/C11H13N/c1-2-4-8-11-10(6-3-1)7-5-9-12-11/h2,4-5,7,9H,1,3,6,8H2/b4-2+. The predicted molar refractivity (Wildman–Crippen MR) is 50.0 cm³/mol. The van der Waals surface area contributed by atoms with Gasteiger partial charge in [-0.2, -0.15) is 0 Å². The summed E-state index contributed by atoms with van der Waals surface area (Å²) in [4.78, 5) is 4.37. The van der Waals surface area contributed by atoms with Crippen LogP contribution in [-0.2, 0) is 12.8 Å². The van der Waals surface area contributed by atoms with Crippen molar-refractivity contribution in [3.63, 3.8) is 0 Å². The van der Waals surface area contributed by atoms with Gasteiger partial charge >= 0.3 is 0 Å². The Morgan fingerprint density at radius 3 is 3.25 bits per heavy atom. The van der Waals surface area contributed by atoms with Crippen molar-refractivity contribution in [3.8, 4) is 0 Å². The minimum atomic E-state index is 1.01. The van der Waals surface area contributed by atoms with E-state index in [1.165, 1.54) is 30.5 Å². The maximum Gasteiger partial charge on any atom is 0.0473 e. The van der Waals surface area contributed by atoms with E-state index >= 15 is 0 Å². The SMILES string of the molecule is C1=C/Cc2ncccc2CCC/1. The Morgan fingerprint density at radius 2 is 2.25 bits per heavy atom. The summed E-state index contributed by atoms with van der Waals surface area (Å²) in [5.41, 5.74) is 2.69. The zero-order valence-corrected chi connectivity index (χ0v) is 7.16. The molecular formula is C11H13N. The van der Waals surface area contributed by atoms with Crippen LogP contribution in [0.5, 0.6) is 0 Å². The van der Waals surface area contributed by atoms with Crippen LogP contribution in [0.4, 0.5) is 0 Å². The van der Waals surface area contributed by atoms with E-state index in [9.17, 15) is 0 Å². The van der Waals surface area contributed by atoms with Gasteiger partial charge in [0.25, 0.3) is 0 Å². The van der Waals surface area contributed by atoms with Crippen LogP contribution in [-0.4, -0.2) is 4.98 Å². The van der Waals surface area contributed by atoms with Crippen molar-refractivity contribution in [1.29, 1.82) is 0 Å². The topological polar surface area (TPSA) is 12.9 Å². The molecule has 1 aliphatic carbocycles. The fourth-order valence-electron chi connectivity index (χ4n) is 1.61. The fraction of sp³-hybridized carbons (Fsp3) is 0.364. The lowest BCUT2D eigenvalue weighted by Crippen LogP contribution is -1.98. The van der Waals surface area contributed by atoms with Gasteiger partial charge in [0.2, 0.25) is 0 Å². The van der Waals surface area contributed by atoms with Gasteiger partial charge in [-0.3, -0.25) is 4.98 Å². The van der Waals surface area contributed by atoms with Gasteiger partial charge < -0.3 is 0 Å². The van der Waals surface area contributed by atoms with Crippen LogP contribution < -0.4 is 0 Å². The Bertz CT molecular complexity index is 289. The van der Waals surface area contributed by atoms with Crippen molar-refractivity contribution in [1.82, 2.24) is 4.98 Å². The summed E-state index contributed by atoms with van der Waals surface area (Å²) in [6.45, 7) is 0. The Kier molecular flexibility index (Phi) is 2.21. The van der Waals surface area contributed by atoms with E-state index in [4.69, 9.17) is 0 Å². The van der Waals surface area contributed by atoms with Crippen LogP contribution in [0.25, 0.3) is 0 Å². The molecule has 0 bridgehead atoms. The summed E-state index contributed by atoms with van der Waals surface area (Å²) >= 11 is 0. The number of allylic oxidation sites excluding steroid dienone is 2. The van der Waals surface area contributed by atoms with Crippen LogP contribution in [0.1, 0.15) is 24.1 Å². The van der Waals surface area contributed by atoms with Gasteiger partial charge in [-0.1, -0.05) is 18.2 Å². The third-order valence-electron chi connectivity index (χ3n) is 2.28. The molecule has 0 radical (unpaired) electrons. The van der Waals surface area contributed by atoms with Gasteiger partial charge in [-0.05, 0) is 30.9 Å². The summed E-state index contributed by atoms with van der Waals surface area (Å²) in [6.07, 6.45) is 11.0. The maximum absolute atomic E-state index is 4.37. The molecule has 2 rings (SSSR count). The fourth-order valence-corrected chi connectivity index (χ4v) is 1.61. The lowest BCUT2D eigenvalue weighted by atomic mass is 10.0. The van der Waals surface area contributed by atoms with Crippen LogP contribution in [0, 0.1) is 0 Å². The smallest absolute Gasteiger partial charge is 0.0473 e. The molecule has 12 heavy (non-hydrogen) atoms. The minimum absolute atomic E-state index is 1.01. The first kappa shape index (κ1) is 7.53. The van der Waals surface area contributed by atoms with Gasteiger partial charge in [0.05, 0.1) is 0 Å². The second-order valence-corrected chi connectivity index (χ2v) is 3.18. The molecule has 62 valence electrons. The highest BCUT2D eigenvalue weighted by atomic mass is 14.7. The van der Waals surface area contributed by atoms with Gasteiger partial charge in [-0.15, -0.1) is 0 Å². The largest absolute Gasteiger partial charge is 0.261 e. The molecule has 1 aliphatic rings. The van der Waals surface area contributed by atoms with Gasteiger partial charge in [-0.25, -0.2) is 0 Å². The Hall–Kier alpha value is -1.11. The van der Waals surface area contributed by atoms with E-state index in [0.717, 1.165) is 6.42 Å². The summed E-state index contributed by atoms with van der Waals surface area (Å²) in [6, 6.07) is 4.23. The highest BCUT2D eigenvalue weighted by Crippen LogP contribution is 2.13.